The normalized spacial score (nSPS) is 16.2. The number of carboxylic acids is 1. The molecule has 1 N–H and O–H groups in total. The predicted octanol–water partition coefficient (Wildman–Crippen LogP) is 0.152. The van der Waals surface area contributed by atoms with Gasteiger partial charge in [0, 0.05) is 12.6 Å². The summed E-state index contributed by atoms with van der Waals surface area (Å²) in [6, 6.07) is 6.35. The standard InChI is InChI=1S/C10H10N2O4S/c1-12(6-9(13)14)10-7-4-2-3-5-8(7)17(15,16)11-10/h2-5H,6H2,1H3,(H,13,14). The van der Waals surface area contributed by atoms with Crippen molar-refractivity contribution in [1.82, 2.24) is 4.90 Å². The molecule has 0 bridgehead atoms. The smallest absolute Gasteiger partial charge is 0.323 e. The van der Waals surface area contributed by atoms with Crippen LogP contribution >= 0.6 is 0 Å². The fraction of sp³-hybridized carbons (Fsp3) is 0.200. The molecule has 0 unspecified atom stereocenters. The van der Waals surface area contributed by atoms with E-state index in [1.807, 2.05) is 0 Å². The topological polar surface area (TPSA) is 87.0 Å². The summed E-state index contributed by atoms with van der Waals surface area (Å²) in [5.41, 5.74) is 0.441. The van der Waals surface area contributed by atoms with Crippen LogP contribution in [0.2, 0.25) is 0 Å². The van der Waals surface area contributed by atoms with Crippen LogP contribution in [0, 0.1) is 0 Å². The van der Waals surface area contributed by atoms with Crippen molar-refractivity contribution in [2.45, 2.75) is 4.90 Å². The van der Waals surface area contributed by atoms with E-state index in [0.29, 0.717) is 5.56 Å². The Morgan fingerprint density at radius 1 is 1.41 bits per heavy atom. The van der Waals surface area contributed by atoms with Crippen molar-refractivity contribution in [1.29, 1.82) is 0 Å². The molecule has 1 heterocycles. The van der Waals surface area contributed by atoms with Crippen LogP contribution in [0.5, 0.6) is 0 Å². The van der Waals surface area contributed by atoms with Gasteiger partial charge < -0.3 is 10.0 Å². The summed E-state index contributed by atoms with van der Waals surface area (Å²) in [6.45, 7) is -0.303. The lowest BCUT2D eigenvalue weighted by atomic mass is 10.2. The van der Waals surface area contributed by atoms with Crippen molar-refractivity contribution in [3.8, 4) is 0 Å². The first kappa shape index (κ1) is 11.6. The Labute approximate surface area is 98.3 Å². The van der Waals surface area contributed by atoms with Gasteiger partial charge in [-0.3, -0.25) is 4.79 Å². The second kappa shape index (κ2) is 3.85. The quantitative estimate of drug-likeness (QED) is 0.811. The molecule has 0 radical (unpaired) electrons. The number of carboxylic acid groups (broad SMARTS) is 1. The molecule has 7 heteroatoms. The predicted molar refractivity (Wildman–Crippen MR) is 60.4 cm³/mol. The molecule has 0 aromatic heterocycles. The largest absolute Gasteiger partial charge is 0.480 e. The SMILES string of the molecule is CN(CC(=O)O)C1=NS(=O)(=O)c2ccccc21. The highest BCUT2D eigenvalue weighted by atomic mass is 32.2. The molecule has 90 valence electrons. The lowest BCUT2D eigenvalue weighted by Gasteiger charge is -2.15. The molecular weight excluding hydrogens is 244 g/mol. The minimum Gasteiger partial charge on any atom is -0.480 e. The number of hydrogen-bond acceptors (Lipinski definition) is 4. The maximum atomic E-state index is 11.7. The van der Waals surface area contributed by atoms with Crippen LogP contribution in [0.25, 0.3) is 0 Å². The Bertz CT molecular complexity index is 606. The zero-order valence-electron chi connectivity index (χ0n) is 8.99. The van der Waals surface area contributed by atoms with Gasteiger partial charge in [-0.05, 0) is 12.1 Å². The highest BCUT2D eigenvalue weighted by molar-refractivity contribution is 7.90. The van der Waals surface area contributed by atoms with E-state index in [0.717, 1.165) is 0 Å². The number of likely N-dealkylation sites (N-methyl/N-ethyl adjacent to an activating group) is 1. The Morgan fingerprint density at radius 2 is 2.06 bits per heavy atom. The molecule has 0 aliphatic carbocycles. The number of hydrogen-bond donors (Lipinski definition) is 1. The van der Waals surface area contributed by atoms with Crippen LogP contribution in [-0.4, -0.2) is 43.8 Å². The summed E-state index contributed by atoms with van der Waals surface area (Å²) in [7, 11) is -2.19. The first-order valence-corrected chi connectivity index (χ1v) is 6.23. The molecular formula is C10H10N2O4S. The van der Waals surface area contributed by atoms with Gasteiger partial charge in [-0.25, -0.2) is 0 Å². The first-order valence-electron chi connectivity index (χ1n) is 4.79. The van der Waals surface area contributed by atoms with Gasteiger partial charge in [-0.2, -0.15) is 8.42 Å². The molecule has 2 rings (SSSR count). The molecule has 0 spiro atoms. The third kappa shape index (κ3) is 2.01. The number of aliphatic carboxylic acids is 1. The lowest BCUT2D eigenvalue weighted by molar-refractivity contribution is -0.137. The summed E-state index contributed by atoms with van der Waals surface area (Å²) in [6.07, 6.45) is 0. The van der Waals surface area contributed by atoms with E-state index in [-0.39, 0.29) is 17.3 Å². The van der Waals surface area contributed by atoms with Gasteiger partial charge in [0.1, 0.15) is 11.4 Å². The summed E-state index contributed by atoms with van der Waals surface area (Å²) in [5, 5.41) is 8.68. The van der Waals surface area contributed by atoms with Crippen LogP contribution < -0.4 is 0 Å². The fourth-order valence-electron chi connectivity index (χ4n) is 1.64. The zero-order valence-corrected chi connectivity index (χ0v) is 9.81. The van der Waals surface area contributed by atoms with E-state index in [2.05, 4.69) is 4.40 Å². The van der Waals surface area contributed by atoms with Crippen molar-refractivity contribution in [2.24, 2.45) is 4.40 Å². The monoisotopic (exact) mass is 254 g/mol. The molecule has 0 amide bonds. The maximum absolute atomic E-state index is 11.7. The number of carbonyl (C=O) groups is 1. The Balaban J connectivity index is 2.48. The third-order valence-electron chi connectivity index (χ3n) is 2.35. The highest BCUT2D eigenvalue weighted by Crippen LogP contribution is 2.26. The lowest BCUT2D eigenvalue weighted by Crippen LogP contribution is -2.31. The van der Waals surface area contributed by atoms with Gasteiger partial charge in [0.2, 0.25) is 0 Å². The molecule has 17 heavy (non-hydrogen) atoms. The second-order valence-electron chi connectivity index (χ2n) is 3.64. The van der Waals surface area contributed by atoms with E-state index >= 15 is 0 Å². The first-order chi connectivity index (χ1) is 7.92. The van der Waals surface area contributed by atoms with Crippen molar-refractivity contribution in [3.63, 3.8) is 0 Å². The van der Waals surface area contributed by atoms with Crippen LogP contribution in [0.1, 0.15) is 5.56 Å². The van der Waals surface area contributed by atoms with Crippen molar-refractivity contribution >= 4 is 21.8 Å². The highest BCUT2D eigenvalue weighted by Gasteiger charge is 2.30. The average Bonchev–Trinajstić information content (AvgIpc) is 2.51. The number of benzene rings is 1. The van der Waals surface area contributed by atoms with Gasteiger partial charge in [-0.15, -0.1) is 4.40 Å². The van der Waals surface area contributed by atoms with Crippen molar-refractivity contribution in [3.05, 3.63) is 29.8 Å². The minimum absolute atomic E-state index is 0.118. The number of nitrogens with zero attached hydrogens (tertiary/aromatic N) is 2. The van der Waals surface area contributed by atoms with Gasteiger partial charge >= 0.3 is 5.97 Å². The van der Waals surface area contributed by atoms with E-state index in [1.54, 1.807) is 18.2 Å². The van der Waals surface area contributed by atoms with E-state index in [1.165, 1.54) is 18.0 Å². The fourth-order valence-corrected chi connectivity index (χ4v) is 2.89. The third-order valence-corrected chi connectivity index (χ3v) is 3.67. The Morgan fingerprint density at radius 3 is 2.71 bits per heavy atom. The molecule has 1 aromatic rings. The summed E-state index contributed by atoms with van der Waals surface area (Å²) < 4.78 is 27.0. The van der Waals surface area contributed by atoms with E-state index in [9.17, 15) is 13.2 Å². The molecule has 1 aromatic carbocycles. The van der Waals surface area contributed by atoms with E-state index < -0.39 is 16.0 Å². The number of rotatable bonds is 2. The van der Waals surface area contributed by atoms with Crippen LogP contribution in [0.15, 0.2) is 33.6 Å². The summed E-state index contributed by atoms with van der Waals surface area (Å²) >= 11 is 0. The molecule has 6 nitrogen and oxygen atoms in total. The van der Waals surface area contributed by atoms with Gasteiger partial charge in [0.05, 0.1) is 0 Å². The van der Waals surface area contributed by atoms with Crippen LogP contribution in [0.4, 0.5) is 0 Å². The van der Waals surface area contributed by atoms with Gasteiger partial charge in [0.15, 0.2) is 5.84 Å². The molecule has 1 aliphatic heterocycles. The maximum Gasteiger partial charge on any atom is 0.323 e. The van der Waals surface area contributed by atoms with E-state index in [4.69, 9.17) is 5.11 Å². The molecule has 1 aliphatic rings. The molecule has 0 saturated heterocycles. The zero-order chi connectivity index (χ0) is 12.6. The summed E-state index contributed by atoms with van der Waals surface area (Å²) in [5.74, 6) is -0.875. The Hall–Kier alpha value is -1.89. The van der Waals surface area contributed by atoms with Crippen LogP contribution in [0.3, 0.4) is 0 Å². The number of amidine groups is 1. The van der Waals surface area contributed by atoms with Crippen molar-refractivity contribution in [2.75, 3.05) is 13.6 Å². The van der Waals surface area contributed by atoms with Crippen LogP contribution in [-0.2, 0) is 14.8 Å². The van der Waals surface area contributed by atoms with Crippen molar-refractivity contribution < 1.29 is 18.3 Å². The average molecular weight is 254 g/mol. The molecule has 0 fully saturated rings. The van der Waals surface area contributed by atoms with Gasteiger partial charge in [0.25, 0.3) is 10.0 Å². The number of fused-ring (bicyclic) bond motifs is 1. The van der Waals surface area contributed by atoms with Gasteiger partial charge in [-0.1, -0.05) is 12.1 Å². The second-order valence-corrected chi connectivity index (χ2v) is 5.21. The molecule has 0 saturated carbocycles. The summed E-state index contributed by atoms with van der Waals surface area (Å²) in [4.78, 5) is 12.0. The number of sulfonamides is 1. The minimum atomic E-state index is -3.68. The Kier molecular flexibility index (Phi) is 2.62. The molecule has 0 atom stereocenters.